The fourth-order valence-electron chi connectivity index (χ4n) is 1.22. The summed E-state index contributed by atoms with van der Waals surface area (Å²) in [5.74, 6) is 1.56. The minimum Gasteiger partial charge on any atom is -0.369 e. The number of anilines is 2. The van der Waals surface area contributed by atoms with Crippen LogP contribution in [0.25, 0.3) is 0 Å². The molecule has 0 atom stereocenters. The summed E-state index contributed by atoms with van der Waals surface area (Å²) < 4.78 is 0. The minimum absolute atomic E-state index is 0.731. The van der Waals surface area contributed by atoms with E-state index in [9.17, 15) is 0 Å². The molecule has 2 N–H and O–H groups in total. The van der Waals surface area contributed by atoms with Crippen molar-refractivity contribution in [3.05, 3.63) is 29.0 Å². The largest absolute Gasteiger partial charge is 0.369 e. The van der Waals surface area contributed by atoms with E-state index in [0.29, 0.717) is 0 Å². The van der Waals surface area contributed by atoms with Crippen LogP contribution in [-0.4, -0.2) is 21.5 Å². The lowest BCUT2D eigenvalue weighted by molar-refractivity contribution is 1.08. The number of hydrogen-bond donors (Lipinski definition) is 2. The zero-order chi connectivity index (χ0) is 11.2. The SMILES string of the molecule is CCNc1cncc(NCc2cncs2)n1. The maximum Gasteiger partial charge on any atom is 0.147 e. The standard InChI is InChI=1S/C10H13N5S/c1-2-13-9-5-11-6-10(15-9)14-4-8-3-12-7-16-8/h3,5-7H,2,4H2,1H3,(H2,13,14,15). The van der Waals surface area contributed by atoms with E-state index in [1.165, 1.54) is 4.88 Å². The van der Waals surface area contributed by atoms with Crippen molar-refractivity contribution in [1.82, 2.24) is 15.0 Å². The Morgan fingerprint density at radius 2 is 1.94 bits per heavy atom. The molecule has 0 aromatic carbocycles. The summed E-state index contributed by atoms with van der Waals surface area (Å²) in [5, 5.41) is 6.32. The van der Waals surface area contributed by atoms with Gasteiger partial charge in [-0.3, -0.25) is 9.97 Å². The Morgan fingerprint density at radius 3 is 2.62 bits per heavy atom. The lowest BCUT2D eigenvalue weighted by atomic mass is 10.5. The molecule has 0 saturated carbocycles. The molecule has 0 unspecified atom stereocenters. The third-order valence-corrected chi connectivity index (χ3v) is 2.70. The summed E-state index contributed by atoms with van der Waals surface area (Å²) in [6, 6.07) is 0. The Balaban J connectivity index is 1.96. The Kier molecular flexibility index (Phi) is 3.66. The molecule has 2 heterocycles. The zero-order valence-corrected chi connectivity index (χ0v) is 9.79. The molecule has 0 aliphatic rings. The predicted octanol–water partition coefficient (Wildman–Crippen LogP) is 1.98. The van der Waals surface area contributed by atoms with Crippen molar-refractivity contribution in [1.29, 1.82) is 0 Å². The fraction of sp³-hybridized carbons (Fsp3) is 0.300. The van der Waals surface area contributed by atoms with Gasteiger partial charge in [0.25, 0.3) is 0 Å². The first-order valence-corrected chi connectivity index (χ1v) is 5.93. The van der Waals surface area contributed by atoms with Crippen LogP contribution < -0.4 is 10.6 Å². The summed E-state index contributed by atoms with van der Waals surface area (Å²) in [6.45, 7) is 3.60. The lowest BCUT2D eigenvalue weighted by Crippen LogP contribution is -2.04. The van der Waals surface area contributed by atoms with Crippen LogP contribution in [0.2, 0.25) is 0 Å². The highest BCUT2D eigenvalue weighted by Gasteiger charge is 1.98. The average molecular weight is 235 g/mol. The smallest absolute Gasteiger partial charge is 0.147 e. The van der Waals surface area contributed by atoms with Crippen LogP contribution in [0, 0.1) is 0 Å². The highest BCUT2D eigenvalue weighted by molar-refractivity contribution is 7.09. The van der Waals surface area contributed by atoms with Gasteiger partial charge in [0.15, 0.2) is 0 Å². The van der Waals surface area contributed by atoms with Crippen molar-refractivity contribution in [2.75, 3.05) is 17.2 Å². The second-order valence-corrected chi connectivity index (χ2v) is 4.11. The number of nitrogens with zero attached hydrogens (tertiary/aromatic N) is 3. The first-order valence-electron chi connectivity index (χ1n) is 5.05. The number of hydrogen-bond acceptors (Lipinski definition) is 6. The molecule has 16 heavy (non-hydrogen) atoms. The van der Waals surface area contributed by atoms with E-state index in [1.54, 1.807) is 23.7 Å². The van der Waals surface area contributed by atoms with E-state index in [-0.39, 0.29) is 0 Å². The first-order chi connectivity index (χ1) is 7.88. The Hall–Kier alpha value is -1.69. The van der Waals surface area contributed by atoms with Crippen LogP contribution in [0.5, 0.6) is 0 Å². The first kappa shape index (κ1) is 10.8. The quantitative estimate of drug-likeness (QED) is 0.829. The number of thiazole rings is 1. The Bertz CT molecular complexity index is 429. The van der Waals surface area contributed by atoms with Gasteiger partial charge in [-0.1, -0.05) is 0 Å². The van der Waals surface area contributed by atoms with E-state index in [4.69, 9.17) is 0 Å². The second-order valence-electron chi connectivity index (χ2n) is 3.14. The molecule has 0 saturated heterocycles. The molecule has 2 rings (SSSR count). The third kappa shape index (κ3) is 2.90. The molecule has 0 amide bonds. The molecule has 5 nitrogen and oxygen atoms in total. The van der Waals surface area contributed by atoms with Crippen molar-refractivity contribution in [2.24, 2.45) is 0 Å². The molecule has 0 radical (unpaired) electrons. The molecule has 84 valence electrons. The summed E-state index contributed by atoms with van der Waals surface area (Å²) in [6.07, 6.45) is 5.27. The van der Waals surface area contributed by atoms with E-state index in [0.717, 1.165) is 24.7 Å². The molecule has 0 spiro atoms. The van der Waals surface area contributed by atoms with E-state index >= 15 is 0 Å². The van der Waals surface area contributed by atoms with E-state index < -0.39 is 0 Å². The average Bonchev–Trinajstić information content (AvgIpc) is 2.80. The molecule has 0 bridgehead atoms. The van der Waals surface area contributed by atoms with Gasteiger partial charge in [0, 0.05) is 17.6 Å². The van der Waals surface area contributed by atoms with Gasteiger partial charge in [0.05, 0.1) is 24.4 Å². The topological polar surface area (TPSA) is 62.7 Å². The summed E-state index contributed by atoms with van der Waals surface area (Å²) in [4.78, 5) is 13.7. The van der Waals surface area contributed by atoms with E-state index in [1.807, 2.05) is 18.6 Å². The minimum atomic E-state index is 0.731. The van der Waals surface area contributed by atoms with Gasteiger partial charge < -0.3 is 10.6 Å². The van der Waals surface area contributed by atoms with Crippen molar-refractivity contribution in [3.8, 4) is 0 Å². The van der Waals surface area contributed by atoms with Crippen LogP contribution >= 0.6 is 11.3 Å². The van der Waals surface area contributed by atoms with Gasteiger partial charge in [-0.2, -0.15) is 0 Å². The van der Waals surface area contributed by atoms with Crippen molar-refractivity contribution < 1.29 is 0 Å². The fourth-order valence-corrected chi connectivity index (χ4v) is 1.76. The van der Waals surface area contributed by atoms with Crippen molar-refractivity contribution >= 4 is 23.0 Å². The van der Waals surface area contributed by atoms with Crippen LogP contribution in [0.3, 0.4) is 0 Å². The number of rotatable bonds is 5. The van der Waals surface area contributed by atoms with Crippen LogP contribution in [0.15, 0.2) is 24.1 Å². The summed E-state index contributed by atoms with van der Waals surface area (Å²) in [5.41, 5.74) is 1.82. The molecular weight excluding hydrogens is 222 g/mol. The maximum absolute atomic E-state index is 4.36. The Morgan fingerprint density at radius 1 is 1.12 bits per heavy atom. The third-order valence-electron chi connectivity index (χ3n) is 1.92. The van der Waals surface area contributed by atoms with Crippen molar-refractivity contribution in [3.63, 3.8) is 0 Å². The van der Waals surface area contributed by atoms with Crippen LogP contribution in [-0.2, 0) is 6.54 Å². The van der Waals surface area contributed by atoms with Crippen LogP contribution in [0.1, 0.15) is 11.8 Å². The molecule has 0 aliphatic carbocycles. The highest BCUT2D eigenvalue weighted by Crippen LogP contribution is 2.10. The van der Waals surface area contributed by atoms with E-state index in [2.05, 4.69) is 25.6 Å². The molecule has 2 aromatic rings. The zero-order valence-electron chi connectivity index (χ0n) is 8.97. The highest BCUT2D eigenvalue weighted by atomic mass is 32.1. The van der Waals surface area contributed by atoms with Gasteiger partial charge in [-0.15, -0.1) is 11.3 Å². The molecule has 2 aromatic heterocycles. The Labute approximate surface area is 98.0 Å². The molecular formula is C10H13N5S. The molecule has 0 fully saturated rings. The van der Waals surface area contributed by atoms with Gasteiger partial charge >= 0.3 is 0 Å². The molecule has 0 aliphatic heterocycles. The van der Waals surface area contributed by atoms with Gasteiger partial charge in [0.2, 0.25) is 0 Å². The second kappa shape index (κ2) is 5.41. The lowest BCUT2D eigenvalue weighted by Gasteiger charge is -2.05. The number of nitrogens with one attached hydrogen (secondary N) is 2. The van der Waals surface area contributed by atoms with Gasteiger partial charge in [0.1, 0.15) is 11.6 Å². The summed E-state index contributed by atoms with van der Waals surface area (Å²) in [7, 11) is 0. The normalized spacial score (nSPS) is 10.1. The predicted molar refractivity (Wildman–Crippen MR) is 65.6 cm³/mol. The van der Waals surface area contributed by atoms with Crippen molar-refractivity contribution in [2.45, 2.75) is 13.5 Å². The number of aromatic nitrogens is 3. The van der Waals surface area contributed by atoms with Crippen LogP contribution in [0.4, 0.5) is 11.6 Å². The summed E-state index contributed by atoms with van der Waals surface area (Å²) >= 11 is 1.62. The van der Waals surface area contributed by atoms with Gasteiger partial charge in [-0.05, 0) is 6.92 Å². The van der Waals surface area contributed by atoms with Gasteiger partial charge in [-0.25, -0.2) is 4.98 Å². The molecule has 6 heteroatoms. The maximum atomic E-state index is 4.36. The monoisotopic (exact) mass is 235 g/mol.